The number of hydrogen-bond donors (Lipinski definition) is 1. The van der Waals surface area contributed by atoms with Gasteiger partial charge in [-0.1, -0.05) is 19.8 Å². The fourth-order valence-corrected chi connectivity index (χ4v) is 3.37. The molecule has 156 valence electrons. The first kappa shape index (κ1) is 22.1. The van der Waals surface area contributed by atoms with Crippen molar-refractivity contribution in [3.05, 3.63) is 23.9 Å². The summed E-state index contributed by atoms with van der Waals surface area (Å²) >= 11 is 0. The van der Waals surface area contributed by atoms with Crippen LogP contribution >= 0.6 is 0 Å². The number of pyridine rings is 1. The van der Waals surface area contributed by atoms with Crippen molar-refractivity contribution in [2.24, 2.45) is 5.92 Å². The summed E-state index contributed by atoms with van der Waals surface area (Å²) in [6.07, 6.45) is 7.14. The van der Waals surface area contributed by atoms with Crippen molar-refractivity contribution < 1.29 is 19.4 Å². The number of carboxylic acid groups (broad SMARTS) is 1. The van der Waals surface area contributed by atoms with Crippen molar-refractivity contribution in [1.82, 2.24) is 9.88 Å². The maximum absolute atomic E-state index is 12.9. The highest BCUT2D eigenvalue weighted by molar-refractivity contribution is 5.94. The van der Waals surface area contributed by atoms with Crippen molar-refractivity contribution in [2.45, 2.75) is 46.0 Å². The van der Waals surface area contributed by atoms with Gasteiger partial charge in [0, 0.05) is 45.6 Å². The third kappa shape index (κ3) is 6.78. The quantitative estimate of drug-likeness (QED) is 0.617. The molecule has 0 radical (unpaired) electrons. The van der Waals surface area contributed by atoms with Gasteiger partial charge in [-0.15, -0.1) is 0 Å². The van der Waals surface area contributed by atoms with E-state index in [4.69, 9.17) is 4.74 Å². The summed E-state index contributed by atoms with van der Waals surface area (Å²) in [7, 11) is 0. The second-order valence-electron chi connectivity index (χ2n) is 7.35. The third-order valence-electron chi connectivity index (χ3n) is 5.05. The Kier molecular flexibility index (Phi) is 9.20. The minimum absolute atomic E-state index is 0.175. The van der Waals surface area contributed by atoms with E-state index in [9.17, 15) is 14.7 Å². The Bertz CT molecular complexity index is 613. The molecule has 1 aliphatic heterocycles. The Hall–Kier alpha value is -2.15. The van der Waals surface area contributed by atoms with E-state index < -0.39 is 11.9 Å². The summed E-state index contributed by atoms with van der Waals surface area (Å²) in [4.78, 5) is 32.6. The van der Waals surface area contributed by atoms with Crippen molar-refractivity contribution in [2.75, 3.05) is 44.3 Å². The number of carbonyl (C=O) groups is 2. The molecule has 1 amide bonds. The topological polar surface area (TPSA) is 83.0 Å². The number of amides is 1. The van der Waals surface area contributed by atoms with Crippen LogP contribution in [0.5, 0.6) is 0 Å². The molecule has 1 saturated heterocycles. The lowest BCUT2D eigenvalue weighted by Gasteiger charge is -2.25. The average Bonchev–Trinajstić information content (AvgIpc) is 2.99. The minimum Gasteiger partial charge on any atom is -0.481 e. The number of ether oxygens (including phenoxy) is 1. The lowest BCUT2D eigenvalue weighted by molar-refractivity contribution is -0.141. The van der Waals surface area contributed by atoms with E-state index in [1.54, 1.807) is 24.1 Å². The van der Waals surface area contributed by atoms with Gasteiger partial charge in [0.05, 0.1) is 11.5 Å². The Morgan fingerprint density at radius 3 is 2.54 bits per heavy atom. The standard InChI is InChI=1S/C21H33N3O4/c1-3-28-14-8-13-24(16-17(2)21(26)27)20(25)18-9-10-19(22-15-18)23-11-6-4-5-7-12-23/h9-10,15,17H,3-8,11-14,16H2,1-2H3,(H,26,27). The number of anilines is 1. The largest absolute Gasteiger partial charge is 0.481 e. The van der Waals surface area contributed by atoms with Gasteiger partial charge in [-0.2, -0.15) is 0 Å². The van der Waals surface area contributed by atoms with Gasteiger partial charge in [0.2, 0.25) is 0 Å². The Labute approximate surface area is 167 Å². The van der Waals surface area contributed by atoms with Gasteiger partial charge in [-0.3, -0.25) is 9.59 Å². The average molecular weight is 392 g/mol. The molecule has 1 aromatic rings. The summed E-state index contributed by atoms with van der Waals surface area (Å²) in [5.74, 6) is -0.808. The number of hydrogen-bond acceptors (Lipinski definition) is 5. The van der Waals surface area contributed by atoms with Gasteiger partial charge in [0.1, 0.15) is 5.82 Å². The van der Waals surface area contributed by atoms with E-state index in [0.717, 1.165) is 18.9 Å². The predicted octanol–water partition coefficient (Wildman–Crippen LogP) is 3.05. The number of carboxylic acids is 1. The van der Waals surface area contributed by atoms with E-state index in [2.05, 4.69) is 9.88 Å². The first-order chi connectivity index (χ1) is 13.5. The molecule has 0 saturated carbocycles. The van der Waals surface area contributed by atoms with Gasteiger partial charge in [-0.25, -0.2) is 4.98 Å². The van der Waals surface area contributed by atoms with Crippen molar-refractivity contribution in [1.29, 1.82) is 0 Å². The number of rotatable bonds is 10. The molecule has 7 heteroatoms. The van der Waals surface area contributed by atoms with E-state index in [1.165, 1.54) is 25.7 Å². The molecule has 28 heavy (non-hydrogen) atoms. The maximum Gasteiger partial charge on any atom is 0.308 e. The molecule has 1 fully saturated rings. The molecule has 1 atom stereocenters. The SMILES string of the molecule is CCOCCCN(CC(C)C(=O)O)C(=O)c1ccc(N2CCCCCC2)nc1. The molecule has 1 aliphatic rings. The van der Waals surface area contributed by atoms with Crippen LogP contribution < -0.4 is 4.90 Å². The number of carbonyl (C=O) groups excluding carboxylic acids is 1. The molecule has 2 rings (SSSR count). The fraction of sp³-hybridized carbons (Fsp3) is 0.667. The van der Waals surface area contributed by atoms with E-state index >= 15 is 0 Å². The highest BCUT2D eigenvalue weighted by atomic mass is 16.5. The molecule has 1 aromatic heterocycles. The first-order valence-electron chi connectivity index (χ1n) is 10.3. The lowest BCUT2D eigenvalue weighted by Crippen LogP contribution is -2.38. The zero-order chi connectivity index (χ0) is 20.4. The maximum atomic E-state index is 12.9. The summed E-state index contributed by atoms with van der Waals surface area (Å²) in [5, 5.41) is 9.22. The number of aromatic nitrogens is 1. The molecule has 0 aliphatic carbocycles. The Morgan fingerprint density at radius 2 is 1.96 bits per heavy atom. The van der Waals surface area contributed by atoms with Gasteiger partial charge < -0.3 is 19.6 Å². The van der Waals surface area contributed by atoms with Crippen LogP contribution in [0.15, 0.2) is 18.3 Å². The number of nitrogens with zero attached hydrogens (tertiary/aromatic N) is 3. The van der Waals surface area contributed by atoms with Crippen LogP contribution in [0.4, 0.5) is 5.82 Å². The first-order valence-corrected chi connectivity index (χ1v) is 10.3. The Morgan fingerprint density at radius 1 is 1.25 bits per heavy atom. The van der Waals surface area contributed by atoms with Crippen molar-refractivity contribution in [3.8, 4) is 0 Å². The van der Waals surface area contributed by atoms with Gasteiger partial charge in [0.15, 0.2) is 0 Å². The van der Waals surface area contributed by atoms with Crippen LogP contribution in [0.3, 0.4) is 0 Å². The molecule has 0 bridgehead atoms. The summed E-state index contributed by atoms with van der Waals surface area (Å²) in [6.45, 7) is 7.35. The molecular weight excluding hydrogens is 358 g/mol. The second kappa shape index (κ2) is 11.6. The molecule has 1 unspecified atom stereocenters. The highest BCUT2D eigenvalue weighted by Crippen LogP contribution is 2.18. The monoisotopic (exact) mass is 391 g/mol. The van der Waals surface area contributed by atoms with Gasteiger partial charge >= 0.3 is 5.97 Å². The van der Waals surface area contributed by atoms with Crippen LogP contribution in [0, 0.1) is 5.92 Å². The molecule has 0 spiro atoms. The van der Waals surface area contributed by atoms with Crippen molar-refractivity contribution >= 4 is 17.7 Å². The van der Waals surface area contributed by atoms with E-state index in [-0.39, 0.29) is 12.5 Å². The lowest BCUT2D eigenvalue weighted by atomic mass is 10.1. The molecule has 2 heterocycles. The van der Waals surface area contributed by atoms with Gasteiger partial charge in [0.25, 0.3) is 5.91 Å². The smallest absolute Gasteiger partial charge is 0.308 e. The van der Waals surface area contributed by atoms with Crippen molar-refractivity contribution in [3.63, 3.8) is 0 Å². The Balaban J connectivity index is 2.04. The van der Waals surface area contributed by atoms with Crippen LogP contribution in [0.1, 0.15) is 56.3 Å². The van der Waals surface area contributed by atoms with Crippen LogP contribution in [0.2, 0.25) is 0 Å². The molecule has 1 N–H and O–H groups in total. The van der Waals surface area contributed by atoms with E-state index in [1.807, 2.05) is 13.0 Å². The summed E-state index contributed by atoms with van der Waals surface area (Å²) in [6, 6.07) is 3.70. The van der Waals surface area contributed by atoms with Crippen LogP contribution in [-0.4, -0.2) is 66.3 Å². The summed E-state index contributed by atoms with van der Waals surface area (Å²) < 4.78 is 5.34. The fourth-order valence-electron chi connectivity index (χ4n) is 3.37. The molecule has 7 nitrogen and oxygen atoms in total. The minimum atomic E-state index is -0.905. The third-order valence-corrected chi connectivity index (χ3v) is 5.05. The van der Waals surface area contributed by atoms with Crippen LogP contribution in [0.25, 0.3) is 0 Å². The predicted molar refractivity (Wildman–Crippen MR) is 109 cm³/mol. The molecular formula is C21H33N3O4. The summed E-state index contributed by atoms with van der Waals surface area (Å²) in [5.41, 5.74) is 0.493. The second-order valence-corrected chi connectivity index (χ2v) is 7.35. The molecule has 0 aromatic carbocycles. The number of aliphatic carboxylic acids is 1. The van der Waals surface area contributed by atoms with E-state index in [0.29, 0.717) is 31.7 Å². The zero-order valence-corrected chi connectivity index (χ0v) is 17.1. The zero-order valence-electron chi connectivity index (χ0n) is 17.1. The van der Waals surface area contributed by atoms with Crippen LogP contribution in [-0.2, 0) is 9.53 Å². The van der Waals surface area contributed by atoms with Gasteiger partial charge in [-0.05, 0) is 38.3 Å². The normalized spacial score (nSPS) is 15.7. The highest BCUT2D eigenvalue weighted by Gasteiger charge is 2.22.